The number of benzene rings is 2. The number of hydrogen-bond acceptors (Lipinski definition) is 4. The molecule has 6 heteroatoms. The highest BCUT2D eigenvalue weighted by Crippen LogP contribution is 2.24. The molecule has 0 amide bonds. The van der Waals surface area contributed by atoms with Gasteiger partial charge in [0, 0.05) is 0 Å². The second-order valence-corrected chi connectivity index (χ2v) is 7.69. The topological polar surface area (TPSA) is 72.5 Å². The van der Waals surface area contributed by atoms with Gasteiger partial charge in [0.1, 0.15) is 0 Å². The van der Waals surface area contributed by atoms with Crippen LogP contribution < -0.4 is 4.72 Å². The van der Waals surface area contributed by atoms with Crippen LogP contribution in [0.25, 0.3) is 0 Å². The fraction of sp³-hybridized carbons (Fsp3) is 0.316. The number of anilines is 1. The lowest BCUT2D eigenvalue weighted by atomic mass is 9.99. The molecule has 0 aliphatic rings. The van der Waals surface area contributed by atoms with Gasteiger partial charge in [-0.1, -0.05) is 32.0 Å². The van der Waals surface area contributed by atoms with Crippen molar-refractivity contribution in [1.29, 1.82) is 0 Å². The van der Waals surface area contributed by atoms with E-state index in [1.54, 1.807) is 31.2 Å². The van der Waals surface area contributed by atoms with Gasteiger partial charge < -0.3 is 4.74 Å². The van der Waals surface area contributed by atoms with Crippen molar-refractivity contribution in [2.45, 2.75) is 38.0 Å². The number of methoxy groups -OCH3 is 1. The Hall–Kier alpha value is -2.34. The van der Waals surface area contributed by atoms with Crippen LogP contribution in [0.15, 0.2) is 47.4 Å². The highest BCUT2D eigenvalue weighted by Gasteiger charge is 2.17. The molecule has 0 radical (unpaired) electrons. The predicted octanol–water partition coefficient (Wildman–Crippen LogP) is 4.10. The van der Waals surface area contributed by atoms with Crippen molar-refractivity contribution in [3.05, 3.63) is 59.2 Å². The maximum Gasteiger partial charge on any atom is 0.337 e. The SMILES string of the molecule is CC[C@H](C)c1ccc(S(=O)(=O)Nc2cc(C(=O)OC)ccc2C)cc1. The van der Waals surface area contributed by atoms with E-state index in [1.807, 2.05) is 12.1 Å². The van der Waals surface area contributed by atoms with E-state index in [1.165, 1.54) is 13.2 Å². The quantitative estimate of drug-likeness (QED) is 0.786. The number of rotatable bonds is 6. The fourth-order valence-electron chi connectivity index (χ4n) is 2.39. The second kappa shape index (κ2) is 7.70. The van der Waals surface area contributed by atoms with E-state index < -0.39 is 16.0 Å². The standard InChI is InChI=1S/C19H23NO4S/c1-5-13(2)15-8-10-17(11-9-15)25(22,23)20-18-12-16(19(21)24-4)7-6-14(18)3/h6-13,20H,5H2,1-4H3/t13-/m0/s1. The minimum atomic E-state index is -3.74. The molecule has 0 bridgehead atoms. The average molecular weight is 361 g/mol. The lowest BCUT2D eigenvalue weighted by molar-refractivity contribution is 0.0601. The lowest BCUT2D eigenvalue weighted by Crippen LogP contribution is -2.14. The van der Waals surface area contributed by atoms with Crippen LogP contribution in [0.2, 0.25) is 0 Å². The Morgan fingerprint density at radius 1 is 1.16 bits per heavy atom. The summed E-state index contributed by atoms with van der Waals surface area (Å²) < 4.78 is 32.5. The molecule has 0 saturated heterocycles. The van der Waals surface area contributed by atoms with Crippen LogP contribution in [-0.4, -0.2) is 21.5 Å². The van der Waals surface area contributed by atoms with Crippen LogP contribution >= 0.6 is 0 Å². The van der Waals surface area contributed by atoms with Crippen LogP contribution in [0.1, 0.15) is 47.7 Å². The van der Waals surface area contributed by atoms with Gasteiger partial charge in [0.25, 0.3) is 10.0 Å². The van der Waals surface area contributed by atoms with Crippen molar-refractivity contribution in [1.82, 2.24) is 0 Å². The van der Waals surface area contributed by atoms with E-state index in [0.717, 1.165) is 12.0 Å². The number of ether oxygens (including phenoxy) is 1. The van der Waals surface area contributed by atoms with Crippen LogP contribution in [0.4, 0.5) is 5.69 Å². The molecule has 0 spiro atoms. The van der Waals surface area contributed by atoms with Crippen LogP contribution in [-0.2, 0) is 14.8 Å². The summed E-state index contributed by atoms with van der Waals surface area (Å²) in [5.74, 6) is -0.137. The normalized spacial score (nSPS) is 12.5. The third-order valence-electron chi connectivity index (χ3n) is 4.27. The number of sulfonamides is 1. The van der Waals surface area contributed by atoms with E-state index in [-0.39, 0.29) is 10.5 Å². The summed E-state index contributed by atoms with van der Waals surface area (Å²) in [6, 6.07) is 11.6. The second-order valence-electron chi connectivity index (χ2n) is 6.01. The van der Waals surface area contributed by atoms with E-state index in [2.05, 4.69) is 23.3 Å². The van der Waals surface area contributed by atoms with E-state index in [9.17, 15) is 13.2 Å². The van der Waals surface area contributed by atoms with Gasteiger partial charge >= 0.3 is 5.97 Å². The minimum absolute atomic E-state index is 0.183. The van der Waals surface area contributed by atoms with E-state index in [0.29, 0.717) is 17.2 Å². The van der Waals surface area contributed by atoms with Crippen molar-refractivity contribution >= 4 is 21.7 Å². The molecular weight excluding hydrogens is 338 g/mol. The first-order chi connectivity index (χ1) is 11.8. The number of nitrogens with one attached hydrogen (secondary N) is 1. The predicted molar refractivity (Wildman–Crippen MR) is 98.5 cm³/mol. The largest absolute Gasteiger partial charge is 0.465 e. The van der Waals surface area contributed by atoms with Crippen molar-refractivity contribution in [3.63, 3.8) is 0 Å². The zero-order valence-electron chi connectivity index (χ0n) is 14.9. The summed E-state index contributed by atoms with van der Waals surface area (Å²) >= 11 is 0. The Morgan fingerprint density at radius 2 is 1.80 bits per heavy atom. The zero-order valence-corrected chi connectivity index (χ0v) is 15.7. The molecule has 134 valence electrons. The summed E-state index contributed by atoms with van der Waals surface area (Å²) in [5.41, 5.74) is 2.46. The Morgan fingerprint density at radius 3 is 2.36 bits per heavy atom. The smallest absolute Gasteiger partial charge is 0.337 e. The third kappa shape index (κ3) is 4.39. The summed E-state index contributed by atoms with van der Waals surface area (Å²) in [6.07, 6.45) is 0.990. The molecule has 0 aliphatic carbocycles. The molecule has 2 aromatic carbocycles. The highest BCUT2D eigenvalue weighted by atomic mass is 32.2. The van der Waals surface area contributed by atoms with Gasteiger partial charge in [-0.05, 0) is 54.7 Å². The Bertz CT molecular complexity index is 857. The zero-order chi connectivity index (χ0) is 18.6. The lowest BCUT2D eigenvalue weighted by Gasteiger charge is -2.13. The molecular formula is C19H23NO4S. The first kappa shape index (κ1) is 19.0. The van der Waals surface area contributed by atoms with Gasteiger partial charge in [-0.15, -0.1) is 0 Å². The molecule has 0 aliphatic heterocycles. The Labute approximate surface area is 149 Å². The van der Waals surface area contributed by atoms with Crippen molar-refractivity contribution in [2.24, 2.45) is 0 Å². The van der Waals surface area contributed by atoms with Gasteiger partial charge in [0.2, 0.25) is 0 Å². The molecule has 1 N–H and O–H groups in total. The molecule has 0 fully saturated rings. The number of carbonyl (C=O) groups is 1. The highest BCUT2D eigenvalue weighted by molar-refractivity contribution is 7.92. The monoisotopic (exact) mass is 361 g/mol. The summed E-state index contributed by atoms with van der Waals surface area (Å²) in [5, 5.41) is 0. The van der Waals surface area contributed by atoms with Crippen LogP contribution in [0.3, 0.4) is 0 Å². The Kier molecular flexibility index (Phi) is 5.85. The Balaban J connectivity index is 2.31. The van der Waals surface area contributed by atoms with Gasteiger partial charge in [0.15, 0.2) is 0 Å². The van der Waals surface area contributed by atoms with Crippen molar-refractivity contribution < 1.29 is 17.9 Å². The first-order valence-electron chi connectivity index (χ1n) is 8.10. The molecule has 2 aromatic rings. The van der Waals surface area contributed by atoms with Gasteiger partial charge in [-0.2, -0.15) is 0 Å². The number of aryl methyl sites for hydroxylation is 1. The molecule has 0 saturated carbocycles. The summed E-state index contributed by atoms with van der Waals surface area (Å²) in [6.45, 7) is 5.96. The maximum atomic E-state index is 12.6. The van der Waals surface area contributed by atoms with Gasteiger partial charge in [-0.25, -0.2) is 13.2 Å². The molecule has 0 heterocycles. The van der Waals surface area contributed by atoms with Crippen molar-refractivity contribution in [3.8, 4) is 0 Å². The first-order valence-corrected chi connectivity index (χ1v) is 9.58. The van der Waals surface area contributed by atoms with Gasteiger partial charge in [-0.3, -0.25) is 4.72 Å². The van der Waals surface area contributed by atoms with Crippen molar-refractivity contribution in [2.75, 3.05) is 11.8 Å². The summed E-state index contributed by atoms with van der Waals surface area (Å²) in [7, 11) is -2.45. The average Bonchev–Trinajstić information content (AvgIpc) is 2.62. The molecule has 0 unspecified atom stereocenters. The van der Waals surface area contributed by atoms with E-state index >= 15 is 0 Å². The summed E-state index contributed by atoms with van der Waals surface area (Å²) in [4.78, 5) is 11.8. The fourth-order valence-corrected chi connectivity index (χ4v) is 3.51. The molecule has 2 rings (SSSR count). The number of carbonyl (C=O) groups excluding carboxylic acids is 1. The van der Waals surface area contributed by atoms with E-state index in [4.69, 9.17) is 0 Å². The number of hydrogen-bond donors (Lipinski definition) is 1. The molecule has 5 nitrogen and oxygen atoms in total. The third-order valence-corrected chi connectivity index (χ3v) is 5.66. The molecule has 25 heavy (non-hydrogen) atoms. The van der Waals surface area contributed by atoms with Gasteiger partial charge in [0.05, 0.1) is 23.3 Å². The maximum absolute atomic E-state index is 12.6. The van der Waals surface area contributed by atoms with Crippen LogP contribution in [0, 0.1) is 6.92 Å². The molecule has 0 aromatic heterocycles. The van der Waals surface area contributed by atoms with Crippen LogP contribution in [0.5, 0.6) is 0 Å². The minimum Gasteiger partial charge on any atom is -0.465 e. The number of esters is 1. The molecule has 1 atom stereocenters.